The molecule has 0 aliphatic rings. The predicted molar refractivity (Wildman–Crippen MR) is 47.9 cm³/mol. The van der Waals surface area contributed by atoms with Gasteiger partial charge in [0.25, 0.3) is 0 Å². The molecule has 0 saturated carbocycles. The van der Waals surface area contributed by atoms with Gasteiger partial charge in [0.05, 0.1) is 6.10 Å². The Morgan fingerprint density at radius 3 is 2.69 bits per heavy atom. The van der Waals surface area contributed by atoms with Crippen LogP contribution in [0, 0.1) is 4.91 Å². The van der Waals surface area contributed by atoms with E-state index in [9.17, 15) is 14.8 Å². The van der Waals surface area contributed by atoms with Crippen molar-refractivity contribution >= 4 is 12.0 Å². The number of hydrogen-bond donors (Lipinski definition) is 1. The highest BCUT2D eigenvalue weighted by atomic mass is 16.3. The Morgan fingerprint density at radius 2 is 2.23 bits per heavy atom. The van der Waals surface area contributed by atoms with E-state index in [1.54, 1.807) is 13.0 Å². The lowest BCUT2D eigenvalue weighted by Crippen LogP contribution is -1.91. The Kier molecular flexibility index (Phi) is 2.87. The molecule has 1 aromatic rings. The molecule has 0 amide bonds. The Hall–Kier alpha value is -1.55. The second-order valence-corrected chi connectivity index (χ2v) is 2.70. The highest BCUT2D eigenvalue weighted by Gasteiger charge is 2.06. The highest BCUT2D eigenvalue weighted by Crippen LogP contribution is 2.22. The minimum atomic E-state index is -0.666. The molecule has 0 heterocycles. The van der Waals surface area contributed by atoms with Crippen molar-refractivity contribution in [2.45, 2.75) is 13.0 Å². The summed E-state index contributed by atoms with van der Waals surface area (Å²) >= 11 is 0. The molecule has 0 spiro atoms. The standard InChI is InChI=1S/C9H9NO3/c1-6(12)7-2-3-8(5-11)9(4-7)10-13/h2-6,12H,1H3. The summed E-state index contributed by atoms with van der Waals surface area (Å²) in [6.07, 6.45) is -0.107. The van der Waals surface area contributed by atoms with E-state index in [1.807, 2.05) is 0 Å². The van der Waals surface area contributed by atoms with Gasteiger partial charge < -0.3 is 5.11 Å². The van der Waals surface area contributed by atoms with E-state index >= 15 is 0 Å². The maximum Gasteiger partial charge on any atom is 0.152 e. The van der Waals surface area contributed by atoms with Gasteiger partial charge in [0.2, 0.25) is 0 Å². The maximum atomic E-state index is 10.4. The number of hydrogen-bond acceptors (Lipinski definition) is 4. The van der Waals surface area contributed by atoms with Gasteiger partial charge in [0.1, 0.15) is 5.69 Å². The van der Waals surface area contributed by atoms with Gasteiger partial charge in [-0.25, -0.2) is 0 Å². The summed E-state index contributed by atoms with van der Waals surface area (Å²) in [5, 5.41) is 11.9. The minimum absolute atomic E-state index is 0.0633. The van der Waals surface area contributed by atoms with Crippen LogP contribution in [0.3, 0.4) is 0 Å². The molecule has 0 aliphatic carbocycles. The zero-order chi connectivity index (χ0) is 9.84. The van der Waals surface area contributed by atoms with Gasteiger partial charge in [-0.15, -0.1) is 4.91 Å². The second-order valence-electron chi connectivity index (χ2n) is 2.70. The van der Waals surface area contributed by atoms with E-state index < -0.39 is 6.10 Å². The van der Waals surface area contributed by atoms with Gasteiger partial charge in [0.15, 0.2) is 6.29 Å². The summed E-state index contributed by atoms with van der Waals surface area (Å²) < 4.78 is 0. The number of carbonyl (C=O) groups excluding carboxylic acids is 1. The first kappa shape index (κ1) is 9.54. The summed E-state index contributed by atoms with van der Waals surface area (Å²) in [6.45, 7) is 1.57. The van der Waals surface area contributed by atoms with Crippen LogP contribution in [-0.4, -0.2) is 11.4 Å². The van der Waals surface area contributed by atoms with Crippen LogP contribution >= 0.6 is 0 Å². The van der Waals surface area contributed by atoms with Crippen LogP contribution in [0.15, 0.2) is 23.4 Å². The van der Waals surface area contributed by atoms with Gasteiger partial charge in [-0.05, 0) is 29.8 Å². The van der Waals surface area contributed by atoms with E-state index in [0.29, 0.717) is 11.8 Å². The van der Waals surface area contributed by atoms with Gasteiger partial charge in [-0.2, -0.15) is 0 Å². The summed E-state index contributed by atoms with van der Waals surface area (Å²) in [5.74, 6) is 0. The van der Waals surface area contributed by atoms with Crippen molar-refractivity contribution in [3.63, 3.8) is 0 Å². The fourth-order valence-electron chi connectivity index (χ4n) is 0.999. The van der Waals surface area contributed by atoms with Gasteiger partial charge in [-0.1, -0.05) is 6.07 Å². The molecular formula is C9H9NO3. The molecule has 0 aliphatic heterocycles. The van der Waals surface area contributed by atoms with E-state index in [0.717, 1.165) is 0 Å². The highest BCUT2D eigenvalue weighted by molar-refractivity contribution is 5.83. The minimum Gasteiger partial charge on any atom is -0.389 e. The number of nitroso groups, excluding NO2 is 1. The van der Waals surface area contributed by atoms with Crippen molar-refractivity contribution < 1.29 is 9.90 Å². The third kappa shape index (κ3) is 1.97. The molecule has 0 radical (unpaired) electrons. The summed E-state index contributed by atoms with van der Waals surface area (Å²) in [7, 11) is 0. The molecule has 1 atom stereocenters. The number of carbonyl (C=O) groups is 1. The van der Waals surface area contributed by atoms with Crippen LogP contribution in [0.25, 0.3) is 0 Å². The summed E-state index contributed by atoms with van der Waals surface area (Å²) in [6, 6.07) is 4.45. The molecule has 1 unspecified atom stereocenters. The van der Waals surface area contributed by atoms with Crippen LogP contribution in [0.4, 0.5) is 5.69 Å². The zero-order valence-electron chi connectivity index (χ0n) is 7.10. The van der Waals surface area contributed by atoms with Crippen LogP contribution in [0.5, 0.6) is 0 Å². The molecule has 4 nitrogen and oxygen atoms in total. The van der Waals surface area contributed by atoms with Crippen molar-refractivity contribution in [3.8, 4) is 0 Å². The molecule has 1 N–H and O–H groups in total. The number of aliphatic hydroxyl groups excluding tert-OH is 1. The molecule has 0 fully saturated rings. The topological polar surface area (TPSA) is 66.7 Å². The van der Waals surface area contributed by atoms with E-state index in [2.05, 4.69) is 5.18 Å². The molecule has 0 aromatic heterocycles. The molecule has 68 valence electrons. The molecular weight excluding hydrogens is 170 g/mol. The zero-order valence-corrected chi connectivity index (χ0v) is 7.10. The van der Waals surface area contributed by atoms with E-state index in [-0.39, 0.29) is 11.3 Å². The first-order valence-electron chi connectivity index (χ1n) is 3.79. The van der Waals surface area contributed by atoms with Crippen molar-refractivity contribution in [3.05, 3.63) is 34.2 Å². The monoisotopic (exact) mass is 179 g/mol. The average molecular weight is 179 g/mol. The van der Waals surface area contributed by atoms with Gasteiger partial charge in [-0.3, -0.25) is 4.79 Å². The van der Waals surface area contributed by atoms with Crippen LogP contribution < -0.4 is 0 Å². The second kappa shape index (κ2) is 3.91. The Bertz CT molecular complexity index is 334. The average Bonchev–Trinajstić information content (AvgIpc) is 2.16. The van der Waals surface area contributed by atoms with Crippen LogP contribution in [0.1, 0.15) is 28.9 Å². The third-order valence-electron chi connectivity index (χ3n) is 1.76. The lowest BCUT2D eigenvalue weighted by atomic mass is 10.1. The van der Waals surface area contributed by atoms with Gasteiger partial charge in [0, 0.05) is 5.56 Å². The summed E-state index contributed by atoms with van der Waals surface area (Å²) in [5.41, 5.74) is 0.869. The number of rotatable bonds is 3. The predicted octanol–water partition coefficient (Wildman–Crippen LogP) is 1.95. The van der Waals surface area contributed by atoms with Crippen molar-refractivity contribution in [1.29, 1.82) is 0 Å². The first-order chi connectivity index (χ1) is 6.19. The lowest BCUT2D eigenvalue weighted by Gasteiger charge is -2.04. The Morgan fingerprint density at radius 1 is 1.54 bits per heavy atom. The van der Waals surface area contributed by atoms with Crippen molar-refractivity contribution in [2.75, 3.05) is 0 Å². The fraction of sp³-hybridized carbons (Fsp3) is 0.222. The van der Waals surface area contributed by atoms with Crippen LogP contribution in [0.2, 0.25) is 0 Å². The number of nitrogens with zero attached hydrogens (tertiary/aromatic N) is 1. The lowest BCUT2D eigenvalue weighted by molar-refractivity contribution is 0.112. The van der Waals surface area contributed by atoms with Crippen molar-refractivity contribution in [1.82, 2.24) is 0 Å². The van der Waals surface area contributed by atoms with Gasteiger partial charge >= 0.3 is 0 Å². The number of aliphatic hydroxyl groups is 1. The molecule has 0 saturated heterocycles. The molecule has 13 heavy (non-hydrogen) atoms. The smallest absolute Gasteiger partial charge is 0.152 e. The largest absolute Gasteiger partial charge is 0.389 e. The Labute approximate surface area is 75.2 Å². The molecule has 1 aromatic carbocycles. The van der Waals surface area contributed by atoms with Crippen LogP contribution in [-0.2, 0) is 0 Å². The van der Waals surface area contributed by atoms with E-state index in [4.69, 9.17) is 0 Å². The third-order valence-corrected chi connectivity index (χ3v) is 1.76. The Balaban J connectivity index is 3.20. The maximum absolute atomic E-state index is 10.4. The first-order valence-corrected chi connectivity index (χ1v) is 3.79. The normalized spacial score (nSPS) is 12.2. The molecule has 1 rings (SSSR count). The SMILES string of the molecule is CC(O)c1ccc(C=O)c(N=O)c1. The van der Waals surface area contributed by atoms with E-state index in [1.165, 1.54) is 12.1 Å². The number of benzene rings is 1. The fourth-order valence-corrected chi connectivity index (χ4v) is 0.999. The molecule has 0 bridgehead atoms. The molecule has 4 heteroatoms. The number of aldehydes is 1. The summed E-state index contributed by atoms with van der Waals surface area (Å²) in [4.78, 5) is 20.7. The van der Waals surface area contributed by atoms with Crippen molar-refractivity contribution in [2.24, 2.45) is 5.18 Å². The quantitative estimate of drug-likeness (QED) is 0.569.